The maximum atomic E-state index is 13.0. The van der Waals surface area contributed by atoms with Gasteiger partial charge in [0.2, 0.25) is 0 Å². The lowest BCUT2D eigenvalue weighted by Gasteiger charge is -2.25. The molecule has 0 N–H and O–H groups in total. The predicted octanol–water partition coefficient (Wildman–Crippen LogP) is 3.82. The van der Waals surface area contributed by atoms with Gasteiger partial charge in [-0.3, -0.25) is 29.4 Å². The molecular weight excluding hydrogens is 386 g/mol. The number of hydrogen-bond acceptors (Lipinski definition) is 5. The minimum atomic E-state index is -0.481. The number of nitro groups is 1. The first kappa shape index (κ1) is 21.2. The summed E-state index contributed by atoms with van der Waals surface area (Å²) in [4.78, 5) is 51.3. The van der Waals surface area contributed by atoms with Crippen LogP contribution >= 0.6 is 0 Å². The monoisotopic (exact) mass is 409 g/mol. The van der Waals surface area contributed by atoms with Gasteiger partial charge in [0, 0.05) is 31.3 Å². The molecule has 8 nitrogen and oxygen atoms in total. The van der Waals surface area contributed by atoms with Gasteiger partial charge < -0.3 is 4.90 Å². The van der Waals surface area contributed by atoms with Crippen LogP contribution in [0.1, 0.15) is 69.4 Å². The normalized spacial score (nSPS) is 13.9. The van der Waals surface area contributed by atoms with Crippen molar-refractivity contribution in [3.63, 3.8) is 0 Å². The highest BCUT2D eigenvalue weighted by atomic mass is 16.6. The summed E-state index contributed by atoms with van der Waals surface area (Å²) >= 11 is 0. The van der Waals surface area contributed by atoms with Gasteiger partial charge in [-0.2, -0.15) is 0 Å². The topological polar surface area (TPSA) is 101 Å². The van der Waals surface area contributed by atoms with Crippen molar-refractivity contribution in [1.29, 1.82) is 0 Å². The number of benzene rings is 2. The summed E-state index contributed by atoms with van der Waals surface area (Å²) in [6.07, 6.45) is 1.58. The minimum Gasteiger partial charge on any atom is -0.335 e. The largest absolute Gasteiger partial charge is 0.335 e. The molecule has 0 bridgehead atoms. The SMILES string of the molecule is CCCCN1C(=O)c2ccc(C(=O)N(C)[C@@H](C)c3cccc([N+](=O)[O-])c3)cc2C1=O. The minimum absolute atomic E-state index is 0.0472. The number of non-ortho nitro benzene ring substituents is 1. The molecule has 8 heteroatoms. The molecule has 1 aliphatic heterocycles. The van der Waals surface area contributed by atoms with Gasteiger partial charge in [-0.15, -0.1) is 0 Å². The van der Waals surface area contributed by atoms with Crippen LogP contribution in [0, 0.1) is 10.1 Å². The number of nitrogens with zero attached hydrogens (tertiary/aromatic N) is 3. The molecule has 0 unspecified atom stereocenters. The first-order chi connectivity index (χ1) is 14.3. The van der Waals surface area contributed by atoms with Gasteiger partial charge in [0.1, 0.15) is 0 Å². The Balaban J connectivity index is 1.84. The second kappa shape index (κ2) is 8.44. The maximum Gasteiger partial charge on any atom is 0.269 e. The third kappa shape index (κ3) is 3.80. The van der Waals surface area contributed by atoms with Crippen LogP contribution in [0.15, 0.2) is 42.5 Å². The molecule has 30 heavy (non-hydrogen) atoms. The second-order valence-electron chi connectivity index (χ2n) is 7.32. The number of carbonyl (C=O) groups is 3. The first-order valence-electron chi connectivity index (χ1n) is 9.78. The summed E-state index contributed by atoms with van der Waals surface area (Å²) in [5.74, 6) is -1.06. The van der Waals surface area contributed by atoms with Crippen LogP contribution in [0.4, 0.5) is 5.69 Å². The first-order valence-corrected chi connectivity index (χ1v) is 9.78. The van der Waals surface area contributed by atoms with Crippen LogP contribution < -0.4 is 0 Å². The Morgan fingerprint density at radius 1 is 1.13 bits per heavy atom. The highest BCUT2D eigenvalue weighted by molar-refractivity contribution is 6.22. The zero-order chi connectivity index (χ0) is 22.0. The van der Waals surface area contributed by atoms with Crippen molar-refractivity contribution >= 4 is 23.4 Å². The van der Waals surface area contributed by atoms with Crippen LogP contribution in [0.25, 0.3) is 0 Å². The van der Waals surface area contributed by atoms with Crippen LogP contribution in [-0.2, 0) is 0 Å². The number of amides is 3. The molecule has 156 valence electrons. The van der Waals surface area contributed by atoms with Crippen LogP contribution in [0.5, 0.6) is 0 Å². The Hall–Kier alpha value is -3.55. The second-order valence-corrected chi connectivity index (χ2v) is 7.32. The van der Waals surface area contributed by atoms with Crippen LogP contribution in [0.2, 0.25) is 0 Å². The van der Waals surface area contributed by atoms with Crippen molar-refractivity contribution in [2.24, 2.45) is 0 Å². The summed E-state index contributed by atoms with van der Waals surface area (Å²) in [5, 5.41) is 11.0. The molecule has 2 aromatic rings. The molecule has 3 rings (SSSR count). The highest BCUT2D eigenvalue weighted by Gasteiger charge is 2.35. The van der Waals surface area contributed by atoms with E-state index in [2.05, 4.69) is 0 Å². The molecule has 1 heterocycles. The standard InChI is InChI=1S/C22H23N3O5/c1-4-5-11-24-21(27)18-10-9-16(13-19(18)22(24)28)20(26)23(3)14(2)15-7-6-8-17(12-15)25(29)30/h6-10,12-14H,4-5,11H2,1-3H3/t14-/m0/s1. The Bertz CT molecular complexity index is 1030. The molecule has 0 saturated heterocycles. The maximum absolute atomic E-state index is 13.0. The van der Waals surface area contributed by atoms with Crippen molar-refractivity contribution < 1.29 is 19.3 Å². The molecule has 0 spiro atoms. The number of nitro benzene ring substituents is 1. The van der Waals surface area contributed by atoms with Crippen molar-refractivity contribution in [2.75, 3.05) is 13.6 Å². The molecule has 0 aliphatic carbocycles. The number of hydrogen-bond donors (Lipinski definition) is 0. The van der Waals surface area contributed by atoms with E-state index in [0.717, 1.165) is 12.8 Å². The van der Waals surface area contributed by atoms with Gasteiger partial charge in [-0.25, -0.2) is 0 Å². The molecule has 0 radical (unpaired) electrons. The van der Waals surface area contributed by atoms with E-state index in [1.807, 2.05) is 6.92 Å². The average Bonchev–Trinajstić information content (AvgIpc) is 3.00. The van der Waals surface area contributed by atoms with Gasteiger partial charge in [-0.05, 0) is 37.1 Å². The lowest BCUT2D eigenvalue weighted by atomic mass is 10.0. The third-order valence-corrected chi connectivity index (χ3v) is 5.42. The fourth-order valence-corrected chi connectivity index (χ4v) is 3.44. The van der Waals surface area contributed by atoms with E-state index in [1.165, 1.54) is 40.1 Å². The lowest BCUT2D eigenvalue weighted by Crippen LogP contribution is -2.30. The fourth-order valence-electron chi connectivity index (χ4n) is 3.44. The highest BCUT2D eigenvalue weighted by Crippen LogP contribution is 2.27. The Kier molecular flexibility index (Phi) is 5.96. The van der Waals surface area contributed by atoms with Crippen molar-refractivity contribution in [3.05, 3.63) is 74.8 Å². The van der Waals surface area contributed by atoms with Gasteiger partial charge in [0.15, 0.2) is 0 Å². The summed E-state index contributed by atoms with van der Waals surface area (Å²) in [5.41, 5.74) is 1.40. The van der Waals surface area contributed by atoms with E-state index < -0.39 is 11.0 Å². The summed E-state index contributed by atoms with van der Waals surface area (Å²) in [7, 11) is 1.60. The van der Waals surface area contributed by atoms with E-state index in [0.29, 0.717) is 17.7 Å². The third-order valence-electron chi connectivity index (χ3n) is 5.42. The molecule has 3 amide bonds. The smallest absolute Gasteiger partial charge is 0.269 e. The Morgan fingerprint density at radius 2 is 1.83 bits per heavy atom. The molecular formula is C22H23N3O5. The number of rotatable bonds is 7. The van der Waals surface area contributed by atoms with Crippen molar-refractivity contribution in [1.82, 2.24) is 9.80 Å². The van der Waals surface area contributed by atoms with Crippen molar-refractivity contribution in [3.8, 4) is 0 Å². The lowest BCUT2D eigenvalue weighted by molar-refractivity contribution is -0.384. The van der Waals surface area contributed by atoms with Gasteiger partial charge >= 0.3 is 0 Å². The predicted molar refractivity (Wildman–Crippen MR) is 110 cm³/mol. The molecule has 1 atom stereocenters. The zero-order valence-electron chi connectivity index (χ0n) is 17.1. The Morgan fingerprint density at radius 3 is 2.50 bits per heavy atom. The van der Waals surface area contributed by atoms with Crippen LogP contribution in [-0.4, -0.2) is 46.0 Å². The van der Waals surface area contributed by atoms with E-state index in [9.17, 15) is 24.5 Å². The fraction of sp³-hybridized carbons (Fsp3) is 0.318. The van der Waals surface area contributed by atoms with Crippen LogP contribution in [0.3, 0.4) is 0 Å². The number of unbranched alkanes of at least 4 members (excludes halogenated alkanes) is 1. The van der Waals surface area contributed by atoms with E-state index >= 15 is 0 Å². The summed E-state index contributed by atoms with van der Waals surface area (Å²) in [6, 6.07) is 10.2. The number of carbonyl (C=O) groups excluding carboxylic acids is 3. The van der Waals surface area contributed by atoms with E-state index in [1.54, 1.807) is 26.1 Å². The van der Waals surface area contributed by atoms with E-state index in [4.69, 9.17) is 0 Å². The quantitative estimate of drug-likeness (QED) is 0.393. The van der Waals surface area contributed by atoms with Gasteiger partial charge in [-0.1, -0.05) is 25.5 Å². The molecule has 0 saturated carbocycles. The zero-order valence-corrected chi connectivity index (χ0v) is 17.1. The molecule has 0 fully saturated rings. The van der Waals surface area contributed by atoms with E-state index in [-0.39, 0.29) is 34.5 Å². The average molecular weight is 409 g/mol. The molecule has 0 aromatic heterocycles. The van der Waals surface area contributed by atoms with Crippen molar-refractivity contribution in [2.45, 2.75) is 32.7 Å². The summed E-state index contributed by atoms with van der Waals surface area (Å²) < 4.78 is 0. The van der Waals surface area contributed by atoms with Gasteiger partial charge in [0.25, 0.3) is 23.4 Å². The number of imide groups is 1. The van der Waals surface area contributed by atoms with Gasteiger partial charge in [0.05, 0.1) is 22.1 Å². The number of fused-ring (bicyclic) bond motifs is 1. The summed E-state index contributed by atoms with van der Waals surface area (Å²) in [6.45, 7) is 4.11. The molecule has 1 aliphatic rings. The molecule has 2 aromatic carbocycles. The Labute approximate surface area is 174 Å².